The molecule has 0 spiro atoms. The van der Waals surface area contributed by atoms with Crippen LogP contribution in [0.15, 0.2) is 18.2 Å². The second kappa shape index (κ2) is 23.2. The van der Waals surface area contributed by atoms with Gasteiger partial charge in [0.15, 0.2) is 6.10 Å². The zero-order valence-corrected chi connectivity index (χ0v) is 37.8. The number of amides is 1. The molecule has 0 bridgehead atoms. The fraction of sp³-hybridized carbons (Fsp3) is 0.810. The summed E-state index contributed by atoms with van der Waals surface area (Å²) < 4.78 is 24.8. The second-order valence-electron chi connectivity index (χ2n) is 16.7. The van der Waals surface area contributed by atoms with Crippen molar-refractivity contribution in [3.63, 3.8) is 0 Å². The van der Waals surface area contributed by atoms with Crippen molar-refractivity contribution >= 4 is 33.3 Å². The number of nitro benzene ring substituents is 1. The number of carbonyl (C=O) groups excluding carboxylic acids is 2. The SMILES string of the molecule is CCCC[P+](CCCC)(CCCC)CCCNC(=O)c1ccc(C(C)COC(=O)O[C@@H]2C(O[Si](C(C)C)(C(C)C)C(C)C)[C@H](C)O[C@@H]2CC)c([N+](=O)[O-])c1. The van der Waals surface area contributed by atoms with E-state index in [1.165, 1.54) is 69.2 Å². The Morgan fingerprint density at radius 2 is 1.41 bits per heavy atom. The number of hydrogen-bond donors (Lipinski definition) is 1. The van der Waals surface area contributed by atoms with Crippen molar-refractivity contribution in [2.75, 3.05) is 37.8 Å². The molecule has 1 aliphatic heterocycles. The summed E-state index contributed by atoms with van der Waals surface area (Å²) in [6, 6.07) is 4.55. The molecule has 5 atom stereocenters. The second-order valence-corrected chi connectivity index (χ2v) is 26.5. The van der Waals surface area contributed by atoms with Gasteiger partial charge in [-0.3, -0.25) is 14.9 Å². The molecule has 12 heteroatoms. The minimum Gasteiger partial charge on any atom is -0.434 e. The fourth-order valence-electron chi connectivity index (χ4n) is 8.75. The van der Waals surface area contributed by atoms with E-state index >= 15 is 0 Å². The third-order valence-electron chi connectivity index (χ3n) is 11.7. The predicted molar refractivity (Wildman–Crippen MR) is 226 cm³/mol. The number of nitro groups is 1. The standard InChI is InChI=1S/C42H75N2O8PSi/c1-13-17-24-53(25-18-14-2,26-19-15-3)27-20-23-43-41(45)35-21-22-36(37(28-35)44(47)48)33(11)29-49-42(46)51-40-38(16-4)50-34(12)39(40)52-54(30(5)6,31(7)8)32(9)10/h21-22,28,30-34,38-40H,13-20,23-27,29H2,1-12H3/p+1/t33?,34-,38+,39?,40-/m0/s1. The minimum absolute atomic E-state index is 0.127. The van der Waals surface area contributed by atoms with Crippen LogP contribution in [0.4, 0.5) is 10.5 Å². The number of rotatable bonds is 25. The van der Waals surface area contributed by atoms with Crippen molar-refractivity contribution in [2.24, 2.45) is 0 Å². The number of nitrogens with zero attached hydrogens (tertiary/aromatic N) is 1. The minimum atomic E-state index is -2.31. The zero-order chi connectivity index (χ0) is 40.6. The molecule has 2 rings (SSSR count). The van der Waals surface area contributed by atoms with Gasteiger partial charge in [0.2, 0.25) is 8.32 Å². The van der Waals surface area contributed by atoms with E-state index in [9.17, 15) is 19.7 Å². The average Bonchev–Trinajstić information content (AvgIpc) is 3.43. The highest BCUT2D eigenvalue weighted by molar-refractivity contribution is 7.75. The summed E-state index contributed by atoms with van der Waals surface area (Å²) in [6.45, 7) is 26.3. The van der Waals surface area contributed by atoms with Gasteiger partial charge in [-0.1, -0.05) is 101 Å². The smallest absolute Gasteiger partial charge is 0.434 e. The van der Waals surface area contributed by atoms with Crippen LogP contribution >= 0.6 is 7.26 Å². The number of unbranched alkanes of at least 4 members (excludes halogenated alkanes) is 3. The van der Waals surface area contributed by atoms with Crippen LogP contribution < -0.4 is 5.32 Å². The first-order valence-corrected chi connectivity index (χ1v) is 25.8. The Kier molecular flexibility index (Phi) is 20.7. The van der Waals surface area contributed by atoms with Crippen LogP contribution in [0.1, 0.15) is 156 Å². The molecular formula is C42H76N2O8PSi+. The largest absolute Gasteiger partial charge is 0.508 e. The van der Waals surface area contributed by atoms with E-state index in [-0.39, 0.29) is 36.0 Å². The molecule has 1 aromatic carbocycles. The molecule has 1 aliphatic rings. The van der Waals surface area contributed by atoms with Gasteiger partial charge in [0.25, 0.3) is 11.6 Å². The Balaban J connectivity index is 2.10. The van der Waals surface area contributed by atoms with Crippen LogP contribution in [0.25, 0.3) is 0 Å². The van der Waals surface area contributed by atoms with E-state index in [2.05, 4.69) is 67.6 Å². The molecule has 10 nitrogen and oxygen atoms in total. The van der Waals surface area contributed by atoms with Crippen molar-refractivity contribution in [3.8, 4) is 0 Å². The molecule has 1 aromatic rings. The van der Waals surface area contributed by atoms with Gasteiger partial charge in [0, 0.05) is 36.9 Å². The van der Waals surface area contributed by atoms with Gasteiger partial charge in [-0.2, -0.15) is 0 Å². The van der Waals surface area contributed by atoms with Gasteiger partial charge < -0.3 is 24.0 Å². The topological polar surface area (TPSA) is 126 Å². The molecule has 1 fully saturated rings. The normalized spacial score (nSPS) is 19.8. The third-order valence-corrected chi connectivity index (χ3v) is 22.9. The van der Waals surface area contributed by atoms with Crippen molar-refractivity contribution in [1.29, 1.82) is 0 Å². The number of carbonyl (C=O) groups is 2. The van der Waals surface area contributed by atoms with Crippen molar-refractivity contribution < 1.29 is 33.1 Å². The predicted octanol–water partition coefficient (Wildman–Crippen LogP) is 11.5. The van der Waals surface area contributed by atoms with E-state index in [4.69, 9.17) is 18.6 Å². The molecule has 1 saturated heterocycles. The fourth-order valence-corrected chi connectivity index (χ4v) is 19.5. The zero-order valence-electron chi connectivity index (χ0n) is 35.9. The average molecular weight is 796 g/mol. The van der Waals surface area contributed by atoms with Crippen LogP contribution in [0.5, 0.6) is 0 Å². The van der Waals surface area contributed by atoms with E-state index in [1.54, 1.807) is 19.1 Å². The lowest BCUT2D eigenvalue weighted by molar-refractivity contribution is -0.385. The lowest BCUT2D eigenvalue weighted by atomic mass is 9.98. The summed E-state index contributed by atoms with van der Waals surface area (Å²) in [7, 11) is -3.38. The number of hydrogen-bond acceptors (Lipinski definition) is 8. The van der Waals surface area contributed by atoms with Gasteiger partial charge >= 0.3 is 6.16 Å². The Bertz CT molecular complexity index is 1270. The summed E-state index contributed by atoms with van der Waals surface area (Å²) in [4.78, 5) is 38.1. The van der Waals surface area contributed by atoms with Crippen molar-refractivity contribution in [2.45, 2.75) is 181 Å². The Labute approximate surface area is 329 Å². The lowest BCUT2D eigenvalue weighted by Gasteiger charge is -2.45. The first-order valence-electron chi connectivity index (χ1n) is 21.1. The lowest BCUT2D eigenvalue weighted by Crippen LogP contribution is -2.54. The van der Waals surface area contributed by atoms with Gasteiger partial charge in [-0.25, -0.2) is 4.79 Å². The number of ether oxygens (including phenoxy) is 3. The molecule has 0 aliphatic carbocycles. The molecule has 0 saturated carbocycles. The van der Waals surface area contributed by atoms with E-state index in [0.29, 0.717) is 35.2 Å². The van der Waals surface area contributed by atoms with E-state index in [0.717, 1.165) is 6.42 Å². The summed E-state index contributed by atoms with van der Waals surface area (Å²) in [5.74, 6) is -0.830. The quantitative estimate of drug-likeness (QED) is 0.0259. The monoisotopic (exact) mass is 796 g/mol. The maximum Gasteiger partial charge on any atom is 0.508 e. The van der Waals surface area contributed by atoms with Crippen LogP contribution in [0.3, 0.4) is 0 Å². The summed E-state index contributed by atoms with van der Waals surface area (Å²) in [5, 5.41) is 15.2. The van der Waals surface area contributed by atoms with Crippen LogP contribution in [0, 0.1) is 10.1 Å². The van der Waals surface area contributed by atoms with Crippen LogP contribution in [-0.4, -0.2) is 87.5 Å². The summed E-state index contributed by atoms with van der Waals surface area (Å²) >= 11 is 0. The molecule has 2 unspecified atom stereocenters. The number of benzene rings is 1. The molecule has 1 heterocycles. The molecule has 1 N–H and O–H groups in total. The Morgan fingerprint density at radius 1 is 0.870 bits per heavy atom. The number of nitrogens with one attached hydrogen (secondary N) is 1. The third kappa shape index (κ3) is 13.0. The highest BCUT2D eigenvalue weighted by Crippen LogP contribution is 2.61. The van der Waals surface area contributed by atoms with Crippen molar-refractivity contribution in [1.82, 2.24) is 5.32 Å². The highest BCUT2D eigenvalue weighted by Gasteiger charge is 2.53. The molecule has 310 valence electrons. The van der Waals surface area contributed by atoms with Gasteiger partial charge in [0.05, 0.1) is 41.8 Å². The van der Waals surface area contributed by atoms with Crippen LogP contribution in [0.2, 0.25) is 16.6 Å². The molecular weight excluding hydrogens is 720 g/mol. The molecule has 0 aromatic heterocycles. The van der Waals surface area contributed by atoms with Gasteiger partial charge in [-0.05, 0) is 61.7 Å². The molecule has 1 amide bonds. The van der Waals surface area contributed by atoms with Crippen molar-refractivity contribution in [3.05, 3.63) is 39.4 Å². The first-order chi connectivity index (χ1) is 25.5. The molecule has 0 radical (unpaired) electrons. The summed E-state index contributed by atoms with van der Waals surface area (Å²) in [6.07, 6.45) is 11.7. The van der Waals surface area contributed by atoms with Gasteiger partial charge in [-0.15, -0.1) is 0 Å². The Hall–Kier alpha value is -2.07. The van der Waals surface area contributed by atoms with Gasteiger partial charge in [0.1, 0.15) is 12.7 Å². The first kappa shape index (κ1) is 48.1. The molecule has 54 heavy (non-hydrogen) atoms. The van der Waals surface area contributed by atoms with Crippen LogP contribution in [-0.2, 0) is 18.6 Å². The maximum absolute atomic E-state index is 13.2. The van der Waals surface area contributed by atoms with E-state index < -0.39 is 44.8 Å². The summed E-state index contributed by atoms with van der Waals surface area (Å²) in [5.41, 5.74) is 1.50. The van der Waals surface area contributed by atoms with E-state index in [1.807, 2.05) is 13.8 Å². The maximum atomic E-state index is 13.2. The Morgan fingerprint density at radius 3 is 1.89 bits per heavy atom. The highest BCUT2D eigenvalue weighted by atomic mass is 31.2.